The summed E-state index contributed by atoms with van der Waals surface area (Å²) in [4.78, 5) is 14.8. The highest BCUT2D eigenvalue weighted by Crippen LogP contribution is 2.44. The van der Waals surface area contributed by atoms with Crippen LogP contribution in [0.25, 0.3) is 0 Å². The summed E-state index contributed by atoms with van der Waals surface area (Å²) in [6, 6.07) is 18.3. The summed E-state index contributed by atoms with van der Waals surface area (Å²) in [6.45, 7) is 0. The van der Waals surface area contributed by atoms with E-state index in [4.69, 9.17) is 4.74 Å². The molecule has 8 heteroatoms. The maximum absolute atomic E-state index is 12.9. The number of amides is 1. The van der Waals surface area contributed by atoms with Gasteiger partial charge < -0.3 is 14.7 Å². The van der Waals surface area contributed by atoms with E-state index in [1.54, 1.807) is 55.5 Å². The number of thiophene rings is 1. The number of carbonyl (C=O) groups is 1. The van der Waals surface area contributed by atoms with E-state index >= 15 is 0 Å². The Morgan fingerprint density at radius 3 is 2.45 bits per heavy atom. The molecule has 0 aliphatic carbocycles. The number of nitrogens with zero attached hydrogens (tertiary/aromatic N) is 1. The summed E-state index contributed by atoms with van der Waals surface area (Å²) >= 11 is 1.03. The molecule has 0 saturated carbocycles. The monoisotopic (exact) mass is 457 g/mol. The first kappa shape index (κ1) is 21.5. The van der Waals surface area contributed by atoms with Crippen LogP contribution in [0.5, 0.6) is 5.75 Å². The number of benzene rings is 2. The second-order valence-corrected chi connectivity index (χ2v) is 10.8. The minimum atomic E-state index is -3.67. The third-order valence-corrected chi connectivity index (χ3v) is 9.14. The van der Waals surface area contributed by atoms with Gasteiger partial charge in [-0.2, -0.15) is 0 Å². The van der Waals surface area contributed by atoms with Gasteiger partial charge in [-0.05, 0) is 35.9 Å². The molecule has 3 aromatic rings. The van der Waals surface area contributed by atoms with Crippen LogP contribution >= 0.6 is 11.3 Å². The quantitative estimate of drug-likeness (QED) is 0.611. The van der Waals surface area contributed by atoms with E-state index in [-0.39, 0.29) is 27.4 Å². The lowest BCUT2D eigenvalue weighted by Crippen LogP contribution is -2.36. The van der Waals surface area contributed by atoms with E-state index in [2.05, 4.69) is 0 Å². The van der Waals surface area contributed by atoms with Gasteiger partial charge in [-0.1, -0.05) is 36.4 Å². The largest absolute Gasteiger partial charge is 0.496 e. The zero-order valence-electron chi connectivity index (χ0n) is 17.1. The summed E-state index contributed by atoms with van der Waals surface area (Å²) in [7, 11) is -0.427. The number of likely N-dealkylation sites (tertiary alicyclic amines) is 1. The zero-order chi connectivity index (χ0) is 22.2. The lowest BCUT2D eigenvalue weighted by atomic mass is 9.87. The van der Waals surface area contributed by atoms with Crippen LogP contribution in [0.2, 0.25) is 0 Å². The summed E-state index contributed by atoms with van der Waals surface area (Å²) in [5.41, 5.74) is 0.848. The molecule has 162 valence electrons. The van der Waals surface area contributed by atoms with Crippen molar-refractivity contribution in [3.63, 3.8) is 0 Å². The molecular weight excluding hydrogens is 434 g/mol. The minimum absolute atomic E-state index is 0.0753. The Kier molecular flexibility index (Phi) is 5.88. The lowest BCUT2D eigenvalue weighted by molar-refractivity contribution is -0.128. The SMILES string of the molecule is COc1ccccc1[C@H]1CC(=O)N(C)[C@H]1[C@H](O)c1ccc(S(=O)(=O)c2ccccc2)s1. The molecule has 31 heavy (non-hydrogen) atoms. The van der Waals surface area contributed by atoms with Crippen LogP contribution in [0.4, 0.5) is 0 Å². The minimum Gasteiger partial charge on any atom is -0.496 e. The predicted molar refractivity (Wildman–Crippen MR) is 118 cm³/mol. The summed E-state index contributed by atoms with van der Waals surface area (Å²) < 4.78 is 31.5. The van der Waals surface area contributed by atoms with E-state index in [1.807, 2.05) is 24.3 Å². The van der Waals surface area contributed by atoms with Crippen LogP contribution in [0.1, 0.15) is 28.9 Å². The Hall–Kier alpha value is -2.68. The molecule has 0 spiro atoms. The van der Waals surface area contributed by atoms with Crippen molar-refractivity contribution < 1.29 is 23.1 Å². The standard InChI is InChI=1S/C23H23NO5S2/c1-24-20(25)14-17(16-10-6-7-11-18(16)29-2)22(24)23(26)19-12-13-21(30-19)31(27,28)15-8-4-3-5-9-15/h3-13,17,22-23,26H,14H2,1-2H3/t17-,22-,23-/m1/s1. The van der Waals surface area contributed by atoms with Gasteiger partial charge in [0, 0.05) is 24.3 Å². The van der Waals surface area contributed by atoms with Gasteiger partial charge in [0.1, 0.15) is 16.1 Å². The van der Waals surface area contributed by atoms with Gasteiger partial charge in [0.25, 0.3) is 0 Å². The number of hydrogen-bond donors (Lipinski definition) is 1. The number of rotatable bonds is 6. The molecule has 4 rings (SSSR count). The van der Waals surface area contributed by atoms with Gasteiger partial charge in [-0.25, -0.2) is 8.42 Å². The molecule has 6 nitrogen and oxygen atoms in total. The molecule has 0 radical (unpaired) electrons. The number of para-hydroxylation sites is 1. The fraction of sp³-hybridized carbons (Fsp3) is 0.261. The number of ether oxygens (including phenoxy) is 1. The molecule has 1 aromatic heterocycles. The fourth-order valence-corrected chi connectivity index (χ4v) is 6.89. The van der Waals surface area contributed by atoms with Crippen molar-refractivity contribution in [3.05, 3.63) is 77.2 Å². The second kappa shape index (κ2) is 8.45. The number of hydrogen-bond acceptors (Lipinski definition) is 6. The third kappa shape index (κ3) is 3.86. The Morgan fingerprint density at radius 1 is 1.06 bits per heavy atom. The fourth-order valence-electron chi connectivity index (χ4n) is 4.11. The first-order valence-electron chi connectivity index (χ1n) is 9.81. The Morgan fingerprint density at radius 2 is 1.74 bits per heavy atom. The highest BCUT2D eigenvalue weighted by atomic mass is 32.2. The van der Waals surface area contributed by atoms with Gasteiger partial charge >= 0.3 is 0 Å². The van der Waals surface area contributed by atoms with Crippen molar-refractivity contribution in [1.82, 2.24) is 4.90 Å². The number of carbonyl (C=O) groups excluding carboxylic acids is 1. The van der Waals surface area contributed by atoms with E-state index in [1.165, 1.54) is 6.07 Å². The Balaban J connectivity index is 1.68. The van der Waals surface area contributed by atoms with E-state index < -0.39 is 22.0 Å². The lowest BCUT2D eigenvalue weighted by Gasteiger charge is -2.30. The van der Waals surface area contributed by atoms with Crippen molar-refractivity contribution in [2.45, 2.75) is 33.6 Å². The number of aliphatic hydroxyl groups excluding tert-OH is 1. The Labute approximate surface area is 185 Å². The molecule has 2 heterocycles. The molecule has 0 bridgehead atoms. The smallest absolute Gasteiger partial charge is 0.223 e. The number of likely N-dealkylation sites (N-methyl/N-ethyl adjacent to an activating group) is 1. The van der Waals surface area contributed by atoms with Crippen molar-refractivity contribution in [2.75, 3.05) is 14.2 Å². The normalized spacial score (nSPS) is 20.1. The van der Waals surface area contributed by atoms with Gasteiger partial charge in [0.05, 0.1) is 18.0 Å². The second-order valence-electron chi connectivity index (χ2n) is 7.47. The molecular formula is C23H23NO5S2. The first-order chi connectivity index (χ1) is 14.8. The van der Waals surface area contributed by atoms with E-state index in [9.17, 15) is 18.3 Å². The first-order valence-corrected chi connectivity index (χ1v) is 12.1. The molecule has 1 saturated heterocycles. The molecule has 1 aliphatic rings. The summed E-state index contributed by atoms with van der Waals surface area (Å²) in [5.74, 6) is 0.305. The highest BCUT2D eigenvalue weighted by molar-refractivity contribution is 7.93. The van der Waals surface area contributed by atoms with Crippen molar-refractivity contribution in [3.8, 4) is 5.75 Å². The van der Waals surface area contributed by atoms with Crippen LogP contribution in [0.3, 0.4) is 0 Å². The maximum Gasteiger partial charge on any atom is 0.223 e. The molecule has 1 fully saturated rings. The van der Waals surface area contributed by atoms with Crippen LogP contribution < -0.4 is 4.74 Å². The Bertz CT molecular complexity index is 1190. The molecule has 3 atom stereocenters. The maximum atomic E-state index is 12.9. The van der Waals surface area contributed by atoms with Gasteiger partial charge in [0.15, 0.2) is 0 Å². The van der Waals surface area contributed by atoms with Gasteiger partial charge in [-0.15, -0.1) is 11.3 Å². The van der Waals surface area contributed by atoms with Crippen LogP contribution in [-0.2, 0) is 14.6 Å². The van der Waals surface area contributed by atoms with E-state index in [0.717, 1.165) is 16.9 Å². The topological polar surface area (TPSA) is 83.9 Å². The van der Waals surface area contributed by atoms with E-state index in [0.29, 0.717) is 10.6 Å². The molecule has 1 amide bonds. The van der Waals surface area contributed by atoms with Gasteiger partial charge in [0.2, 0.25) is 15.7 Å². The van der Waals surface area contributed by atoms with Crippen molar-refractivity contribution in [2.24, 2.45) is 0 Å². The third-order valence-electron chi connectivity index (χ3n) is 5.72. The zero-order valence-corrected chi connectivity index (χ0v) is 18.8. The number of methoxy groups -OCH3 is 1. The predicted octanol–water partition coefficient (Wildman–Crippen LogP) is 3.64. The number of sulfone groups is 1. The molecule has 0 unspecified atom stereocenters. The average Bonchev–Trinajstić information content (AvgIpc) is 3.40. The average molecular weight is 458 g/mol. The number of aliphatic hydroxyl groups is 1. The van der Waals surface area contributed by atoms with Crippen LogP contribution in [-0.4, -0.2) is 44.5 Å². The highest BCUT2D eigenvalue weighted by Gasteiger charge is 2.44. The molecule has 2 aromatic carbocycles. The van der Waals surface area contributed by atoms with Crippen LogP contribution in [0, 0.1) is 0 Å². The van der Waals surface area contributed by atoms with Crippen LogP contribution in [0.15, 0.2) is 75.8 Å². The van der Waals surface area contributed by atoms with Crippen molar-refractivity contribution in [1.29, 1.82) is 0 Å². The van der Waals surface area contributed by atoms with Gasteiger partial charge in [-0.3, -0.25) is 4.79 Å². The molecule has 1 aliphatic heterocycles. The summed E-state index contributed by atoms with van der Waals surface area (Å²) in [6.07, 6.45) is -0.782. The molecule has 1 N–H and O–H groups in total. The summed E-state index contributed by atoms with van der Waals surface area (Å²) in [5, 5.41) is 11.2. The van der Waals surface area contributed by atoms with Crippen molar-refractivity contribution >= 4 is 27.1 Å².